The summed E-state index contributed by atoms with van der Waals surface area (Å²) in [5.41, 5.74) is 0. The van der Waals surface area contributed by atoms with E-state index in [9.17, 15) is 9.18 Å². The Morgan fingerprint density at radius 1 is 1.29 bits per heavy atom. The topological polar surface area (TPSA) is 26.3 Å². The van der Waals surface area contributed by atoms with Crippen molar-refractivity contribution in [2.75, 3.05) is 6.61 Å². The number of hydrogen-bond acceptors (Lipinski definition) is 2. The fourth-order valence-electron chi connectivity index (χ4n) is 0.678. The van der Waals surface area contributed by atoms with Crippen LogP contribution in [-0.4, -0.2) is 12.6 Å². The lowest BCUT2D eigenvalue weighted by Gasteiger charge is -1.93. The number of carbonyl (C=O) groups excluding carboxylic acids is 1. The van der Waals surface area contributed by atoms with Gasteiger partial charge in [0.15, 0.2) is 0 Å². The maximum absolute atomic E-state index is 11.9. The lowest BCUT2D eigenvalue weighted by atomic mass is 10.4. The van der Waals surface area contributed by atoms with Gasteiger partial charge in [-0.3, -0.25) is 4.79 Å². The van der Waals surface area contributed by atoms with Crippen LogP contribution in [-0.2, 0) is 9.53 Å². The highest BCUT2D eigenvalue weighted by Gasteiger charge is 1.91. The summed E-state index contributed by atoms with van der Waals surface area (Å²) in [6.07, 6.45) is 0.480. The van der Waals surface area contributed by atoms with Gasteiger partial charge < -0.3 is 4.74 Å². The largest absolute Gasteiger partial charge is 0.466 e. The highest BCUT2D eigenvalue weighted by molar-refractivity contribution is 5.68. The molecule has 0 aromatic heterocycles. The van der Waals surface area contributed by atoms with Crippen LogP contribution in [0, 0.1) is 5.82 Å². The minimum Gasteiger partial charge on any atom is -0.466 e. The molecule has 3 heteroatoms. The molecule has 0 radical (unpaired) electrons. The molecule has 78 valence electrons. The van der Waals surface area contributed by atoms with Gasteiger partial charge in [0.05, 0.1) is 6.61 Å². The predicted molar refractivity (Wildman–Crippen MR) is 53.3 cm³/mol. The smallest absolute Gasteiger partial charge is 0.305 e. The van der Waals surface area contributed by atoms with Crippen LogP contribution in [0.4, 0.5) is 4.39 Å². The molecule has 0 fully saturated rings. The van der Waals surface area contributed by atoms with Gasteiger partial charge in [0.2, 0.25) is 0 Å². The van der Waals surface area contributed by atoms with E-state index in [0.717, 1.165) is 0 Å². The van der Waals surface area contributed by atoms with Crippen molar-refractivity contribution < 1.29 is 13.9 Å². The summed E-state index contributed by atoms with van der Waals surface area (Å²) >= 11 is 0. The monoisotopic (exact) mass is 198 g/mol. The normalized spacial score (nSPS) is 8.50. The van der Waals surface area contributed by atoms with Crippen molar-refractivity contribution in [2.24, 2.45) is 0 Å². The molecule has 0 unspecified atom stereocenters. The second-order valence-corrected chi connectivity index (χ2v) is 2.45. The molecule has 0 N–H and O–H groups in total. The first kappa shape index (κ1) is 12.6. The van der Waals surface area contributed by atoms with Crippen LogP contribution in [0.1, 0.15) is 20.3 Å². The molecule has 0 atom stereocenters. The van der Waals surface area contributed by atoms with Gasteiger partial charge in [0.1, 0.15) is 5.82 Å². The predicted octanol–water partition coefficient (Wildman–Crippen LogP) is 2.79. The third-order valence-electron chi connectivity index (χ3n) is 1.33. The van der Waals surface area contributed by atoms with Crippen LogP contribution < -0.4 is 0 Å². The van der Waals surface area contributed by atoms with E-state index in [4.69, 9.17) is 0 Å². The van der Waals surface area contributed by atoms with E-state index in [0.29, 0.717) is 13.0 Å². The van der Waals surface area contributed by atoms with Gasteiger partial charge in [0, 0.05) is 6.42 Å². The zero-order valence-electron chi connectivity index (χ0n) is 8.50. The number of carbonyl (C=O) groups is 1. The van der Waals surface area contributed by atoms with Crippen molar-refractivity contribution in [1.82, 2.24) is 0 Å². The van der Waals surface area contributed by atoms with Crippen molar-refractivity contribution in [2.45, 2.75) is 20.3 Å². The molecule has 0 aliphatic carbocycles. The number of esters is 1. The summed E-state index contributed by atoms with van der Waals surface area (Å²) in [6.45, 7) is 4.07. The first-order chi connectivity index (χ1) is 6.70. The standard InChI is InChI=1S/C6H5F.C5H10O2/c7-6-4-2-1-3-5-6;1-3-5(6)7-4-2/h1-5H;3-4H2,1-2H3. The molecular weight excluding hydrogens is 183 g/mol. The van der Waals surface area contributed by atoms with Gasteiger partial charge in [-0.1, -0.05) is 25.1 Å². The summed E-state index contributed by atoms with van der Waals surface area (Å²) in [4.78, 5) is 10.2. The highest BCUT2D eigenvalue weighted by atomic mass is 19.1. The molecule has 0 saturated carbocycles. The van der Waals surface area contributed by atoms with Crippen molar-refractivity contribution in [3.05, 3.63) is 36.1 Å². The van der Waals surface area contributed by atoms with E-state index in [1.54, 1.807) is 32.0 Å². The Morgan fingerprint density at radius 2 is 1.86 bits per heavy atom. The number of hydrogen-bond donors (Lipinski definition) is 0. The lowest BCUT2D eigenvalue weighted by Crippen LogP contribution is -2.00. The second-order valence-electron chi connectivity index (χ2n) is 2.45. The quantitative estimate of drug-likeness (QED) is 0.683. The minimum atomic E-state index is -0.178. The molecule has 1 aromatic rings. The third-order valence-corrected chi connectivity index (χ3v) is 1.33. The summed E-state index contributed by atoms with van der Waals surface area (Å²) in [5, 5.41) is 0. The summed E-state index contributed by atoms with van der Waals surface area (Å²) in [7, 11) is 0. The van der Waals surface area contributed by atoms with E-state index in [1.807, 2.05) is 0 Å². The second kappa shape index (κ2) is 8.23. The minimum absolute atomic E-state index is 0.123. The Hall–Kier alpha value is -1.38. The summed E-state index contributed by atoms with van der Waals surface area (Å²) in [6, 6.07) is 7.94. The third kappa shape index (κ3) is 7.28. The molecule has 0 heterocycles. The van der Waals surface area contributed by atoms with Crippen molar-refractivity contribution in [1.29, 1.82) is 0 Å². The van der Waals surface area contributed by atoms with E-state index in [-0.39, 0.29) is 11.8 Å². The first-order valence-electron chi connectivity index (χ1n) is 4.56. The van der Waals surface area contributed by atoms with Crippen LogP contribution in [0.2, 0.25) is 0 Å². The number of benzene rings is 1. The Morgan fingerprint density at radius 3 is 2.07 bits per heavy atom. The van der Waals surface area contributed by atoms with Crippen LogP contribution in [0.25, 0.3) is 0 Å². The number of rotatable bonds is 2. The zero-order valence-corrected chi connectivity index (χ0v) is 8.50. The SMILES string of the molecule is CCOC(=O)CC.Fc1ccccc1. The average Bonchev–Trinajstić information content (AvgIpc) is 2.20. The van der Waals surface area contributed by atoms with Crippen LogP contribution in [0.3, 0.4) is 0 Å². The molecule has 2 nitrogen and oxygen atoms in total. The summed E-state index contributed by atoms with van der Waals surface area (Å²) in [5.74, 6) is -0.301. The number of halogens is 1. The van der Waals surface area contributed by atoms with E-state index >= 15 is 0 Å². The molecular formula is C11H15FO2. The fourth-order valence-corrected chi connectivity index (χ4v) is 0.678. The van der Waals surface area contributed by atoms with E-state index in [1.165, 1.54) is 12.1 Å². The average molecular weight is 198 g/mol. The van der Waals surface area contributed by atoms with Gasteiger partial charge in [-0.05, 0) is 19.1 Å². The molecule has 0 aliphatic heterocycles. The molecule has 0 saturated heterocycles. The molecule has 14 heavy (non-hydrogen) atoms. The van der Waals surface area contributed by atoms with Crippen LogP contribution >= 0.6 is 0 Å². The van der Waals surface area contributed by atoms with Gasteiger partial charge in [0.25, 0.3) is 0 Å². The zero-order chi connectivity index (χ0) is 10.8. The van der Waals surface area contributed by atoms with Gasteiger partial charge in [-0.2, -0.15) is 0 Å². The molecule has 0 bridgehead atoms. The maximum Gasteiger partial charge on any atom is 0.305 e. The summed E-state index contributed by atoms with van der Waals surface area (Å²) < 4.78 is 16.5. The molecule has 0 spiro atoms. The Kier molecular flexibility index (Phi) is 7.42. The van der Waals surface area contributed by atoms with E-state index in [2.05, 4.69) is 4.74 Å². The Bertz CT molecular complexity index is 247. The Labute approximate surface area is 83.7 Å². The van der Waals surface area contributed by atoms with Crippen molar-refractivity contribution in [3.63, 3.8) is 0 Å². The van der Waals surface area contributed by atoms with Gasteiger partial charge in [-0.25, -0.2) is 4.39 Å². The van der Waals surface area contributed by atoms with Crippen molar-refractivity contribution >= 4 is 5.97 Å². The first-order valence-corrected chi connectivity index (χ1v) is 4.56. The molecule has 0 amide bonds. The van der Waals surface area contributed by atoms with Crippen LogP contribution in [0.5, 0.6) is 0 Å². The van der Waals surface area contributed by atoms with Gasteiger partial charge >= 0.3 is 5.97 Å². The Balaban J connectivity index is 0.000000241. The molecule has 1 aromatic carbocycles. The number of ether oxygens (including phenoxy) is 1. The lowest BCUT2D eigenvalue weighted by molar-refractivity contribution is -0.142. The maximum atomic E-state index is 11.9. The fraction of sp³-hybridized carbons (Fsp3) is 0.364. The molecule has 0 aliphatic rings. The highest BCUT2D eigenvalue weighted by Crippen LogP contribution is 1.91. The van der Waals surface area contributed by atoms with Gasteiger partial charge in [-0.15, -0.1) is 0 Å². The van der Waals surface area contributed by atoms with Crippen molar-refractivity contribution in [3.8, 4) is 0 Å². The van der Waals surface area contributed by atoms with E-state index < -0.39 is 0 Å². The van der Waals surface area contributed by atoms with Crippen LogP contribution in [0.15, 0.2) is 30.3 Å². The molecule has 1 rings (SSSR count).